The molecule has 1 unspecified atom stereocenters. The summed E-state index contributed by atoms with van der Waals surface area (Å²) in [6, 6.07) is 11.4. The van der Waals surface area contributed by atoms with Crippen LogP contribution >= 0.6 is 0 Å². The van der Waals surface area contributed by atoms with E-state index >= 15 is 8.78 Å². The predicted octanol–water partition coefficient (Wildman–Crippen LogP) is 4.54. The lowest BCUT2D eigenvalue weighted by molar-refractivity contribution is -0.126. The third-order valence-electron chi connectivity index (χ3n) is 14.9. The predicted molar refractivity (Wildman–Crippen MR) is 228 cm³/mol. The number of carbonyl (C=O) groups excluding carboxylic acids is 3. The van der Waals surface area contributed by atoms with Crippen molar-refractivity contribution in [3.8, 4) is 0 Å². The number of amides is 3. The molecule has 8 rings (SSSR count). The van der Waals surface area contributed by atoms with E-state index in [1.807, 2.05) is 15.9 Å². The van der Waals surface area contributed by atoms with Crippen LogP contribution in [-0.2, 0) is 36.1 Å². The summed E-state index contributed by atoms with van der Waals surface area (Å²) in [5, 5.41) is 14.6. The molecule has 0 aromatic heterocycles. The Balaban J connectivity index is 0.987. The molecule has 6 aliphatic rings. The van der Waals surface area contributed by atoms with Gasteiger partial charge in [-0.05, 0) is 111 Å². The number of alkyl halides is 2. The zero-order chi connectivity index (χ0) is 44.2. The van der Waals surface area contributed by atoms with Crippen LogP contribution in [0.1, 0.15) is 63.0 Å². The van der Waals surface area contributed by atoms with Crippen LogP contribution in [0.2, 0.25) is 0 Å². The van der Waals surface area contributed by atoms with Gasteiger partial charge >= 0.3 is 6.09 Å². The normalized spacial score (nSPS) is 27.6. The molecular weight excluding hydrogens is 824 g/mol. The van der Waals surface area contributed by atoms with E-state index in [9.17, 15) is 32.6 Å². The van der Waals surface area contributed by atoms with Gasteiger partial charge in [0.1, 0.15) is 12.0 Å². The second-order valence-corrected chi connectivity index (χ2v) is 20.7. The average molecular weight is 882 g/mol. The van der Waals surface area contributed by atoms with Crippen molar-refractivity contribution in [1.29, 1.82) is 5.41 Å². The van der Waals surface area contributed by atoms with E-state index in [1.54, 1.807) is 24.3 Å². The Morgan fingerprint density at radius 2 is 1.76 bits per heavy atom. The first-order valence-corrected chi connectivity index (χ1v) is 23.3. The second kappa shape index (κ2) is 16.6. The van der Waals surface area contributed by atoms with Crippen molar-refractivity contribution in [2.24, 2.45) is 11.3 Å². The van der Waals surface area contributed by atoms with Crippen molar-refractivity contribution >= 4 is 39.1 Å². The summed E-state index contributed by atoms with van der Waals surface area (Å²) in [5.74, 6) is -1.17. The minimum absolute atomic E-state index is 0.0669. The number of hydrogen-bond acceptors (Lipinski definition) is 10. The quantitative estimate of drug-likeness (QED) is 0.232. The standard InChI is InChI=1S/C45H58F3N7O6S/c1-4-39(57)54-17-6-10-37(25-54)62(59,60)38-12-11-36(20-31(38)22-53-23-35(47)24-53)55-28-42(48,29-55)27-52-18-13-32(14-19-52)43(26-50-30(2)56,33-8-5-9-34(46)21-33)44-15-7-16-45(44,40(44)49)51-41(58)61-3/h4-5,8-9,11-12,20-21,32,35,37,49H,1,6-7,10,13-19,22-29H2,2-3H3,(H,50,56)(H,51,58)/t37?,43-,44-,45-/m0/s1. The summed E-state index contributed by atoms with van der Waals surface area (Å²) in [6.45, 7) is 7.66. The highest BCUT2D eigenvalue weighted by atomic mass is 32.2. The Morgan fingerprint density at radius 3 is 2.42 bits per heavy atom. The highest BCUT2D eigenvalue weighted by molar-refractivity contribution is 7.92. The van der Waals surface area contributed by atoms with Crippen LogP contribution in [0, 0.1) is 22.6 Å². The van der Waals surface area contributed by atoms with Gasteiger partial charge in [-0.1, -0.05) is 18.7 Å². The summed E-state index contributed by atoms with van der Waals surface area (Å²) >= 11 is 0. The first-order chi connectivity index (χ1) is 29.5. The maximum Gasteiger partial charge on any atom is 0.407 e. The van der Waals surface area contributed by atoms with Crippen LogP contribution in [0.15, 0.2) is 60.0 Å². The number of likely N-dealkylation sites (tertiary alicyclic amines) is 3. The zero-order valence-electron chi connectivity index (χ0n) is 35.6. The molecule has 336 valence electrons. The Kier molecular flexibility index (Phi) is 11.8. The number of nitrogens with one attached hydrogen (secondary N) is 3. The summed E-state index contributed by atoms with van der Waals surface area (Å²) in [5.41, 5.74) is -2.21. The Bertz CT molecular complexity index is 2230. The van der Waals surface area contributed by atoms with Crippen molar-refractivity contribution in [2.45, 2.75) is 91.4 Å². The van der Waals surface area contributed by atoms with Crippen molar-refractivity contribution in [3.63, 3.8) is 0 Å². The Hall–Kier alpha value is -4.48. The molecule has 2 aromatic carbocycles. The first-order valence-electron chi connectivity index (χ1n) is 21.8. The lowest BCUT2D eigenvalue weighted by Crippen LogP contribution is -2.65. The fraction of sp³-hybridized carbons (Fsp3) is 0.600. The summed E-state index contributed by atoms with van der Waals surface area (Å²) in [7, 11) is -2.59. The molecule has 62 heavy (non-hydrogen) atoms. The molecule has 0 radical (unpaired) electrons. The van der Waals surface area contributed by atoms with Gasteiger partial charge in [-0.2, -0.15) is 0 Å². The second-order valence-electron chi connectivity index (χ2n) is 18.5. The number of alkyl carbamates (subject to hydrolysis) is 1. The third kappa shape index (κ3) is 7.48. The van der Waals surface area contributed by atoms with Crippen molar-refractivity contribution < 1.29 is 40.7 Å². The number of carbonyl (C=O) groups is 3. The van der Waals surface area contributed by atoms with Crippen molar-refractivity contribution in [1.82, 2.24) is 25.3 Å². The molecule has 4 heterocycles. The monoisotopic (exact) mass is 881 g/mol. The number of sulfone groups is 1. The van der Waals surface area contributed by atoms with E-state index in [1.165, 1.54) is 37.1 Å². The number of rotatable bonds is 14. The van der Waals surface area contributed by atoms with Gasteiger partial charge in [-0.15, -0.1) is 0 Å². The fourth-order valence-corrected chi connectivity index (χ4v) is 14.0. The van der Waals surface area contributed by atoms with Crippen LogP contribution in [0.4, 0.5) is 23.7 Å². The van der Waals surface area contributed by atoms with E-state index in [0.717, 1.165) is 6.42 Å². The smallest absolute Gasteiger partial charge is 0.407 e. The molecule has 17 heteroatoms. The molecule has 0 bridgehead atoms. The molecule has 2 saturated carbocycles. The lowest BCUT2D eigenvalue weighted by Gasteiger charge is -2.52. The number of piperidine rings is 2. The SMILES string of the molecule is C=CC(=O)N1CCCC(S(=O)(=O)c2ccc(N3CC(F)(CN4CCC([C@@](CNC(C)=O)(c5cccc(F)c5)[C@@]56CCC[C@]5(NC(=O)OC)C6=N)CC4)C3)cc2CN2CC(F)C2)C1. The number of hydrogen-bond donors (Lipinski definition) is 3. The molecule has 2 aromatic rings. The van der Waals surface area contributed by atoms with Gasteiger partial charge in [0.2, 0.25) is 11.8 Å². The van der Waals surface area contributed by atoms with E-state index < -0.39 is 55.2 Å². The summed E-state index contributed by atoms with van der Waals surface area (Å²) in [6.07, 6.45) is 3.48. The number of benzene rings is 2. The number of anilines is 1. The Labute approximate surface area is 361 Å². The van der Waals surface area contributed by atoms with Crippen molar-refractivity contribution in [3.05, 3.63) is 72.1 Å². The topological polar surface area (TPSA) is 155 Å². The molecule has 3 N–H and O–H groups in total. The lowest BCUT2D eigenvalue weighted by atomic mass is 9.56. The van der Waals surface area contributed by atoms with E-state index in [4.69, 9.17) is 4.74 Å². The van der Waals surface area contributed by atoms with Crippen LogP contribution in [0.3, 0.4) is 0 Å². The van der Waals surface area contributed by atoms with Gasteiger partial charge < -0.3 is 30.6 Å². The molecule has 6 fully saturated rings. The van der Waals surface area contributed by atoms with Gasteiger partial charge in [0.15, 0.2) is 15.5 Å². The third-order valence-corrected chi connectivity index (χ3v) is 17.2. The van der Waals surface area contributed by atoms with E-state index in [2.05, 4.69) is 22.1 Å². The van der Waals surface area contributed by atoms with Crippen LogP contribution in [0.25, 0.3) is 0 Å². The minimum atomic E-state index is -3.87. The van der Waals surface area contributed by atoms with Gasteiger partial charge in [-0.3, -0.25) is 19.4 Å². The Morgan fingerprint density at radius 1 is 1.02 bits per heavy atom. The minimum Gasteiger partial charge on any atom is -0.453 e. The molecule has 13 nitrogen and oxygen atoms in total. The van der Waals surface area contributed by atoms with E-state index in [0.29, 0.717) is 80.7 Å². The van der Waals surface area contributed by atoms with Crippen LogP contribution in [0.5, 0.6) is 0 Å². The van der Waals surface area contributed by atoms with Crippen molar-refractivity contribution in [2.75, 3.05) is 77.5 Å². The maximum absolute atomic E-state index is 16.7. The fourth-order valence-electron chi connectivity index (χ4n) is 12.0. The maximum atomic E-state index is 16.7. The van der Waals surface area contributed by atoms with Gasteiger partial charge in [0.05, 0.1) is 41.3 Å². The highest BCUT2D eigenvalue weighted by Crippen LogP contribution is 2.74. The number of ether oxygens (including phenoxy) is 1. The molecular formula is C45H58F3N7O6S. The molecule has 4 saturated heterocycles. The van der Waals surface area contributed by atoms with Crippen LogP contribution < -0.4 is 15.5 Å². The first kappa shape index (κ1) is 44.1. The van der Waals surface area contributed by atoms with Crippen LogP contribution in [-0.4, -0.2) is 142 Å². The molecule has 4 atom stereocenters. The van der Waals surface area contributed by atoms with Gasteiger partial charge in [0, 0.05) is 69.6 Å². The largest absolute Gasteiger partial charge is 0.453 e. The highest BCUT2D eigenvalue weighted by Gasteiger charge is 2.84. The number of fused-ring (bicyclic) bond motifs is 1. The molecule has 0 spiro atoms. The molecule has 2 aliphatic carbocycles. The zero-order valence-corrected chi connectivity index (χ0v) is 36.4. The van der Waals surface area contributed by atoms with E-state index in [-0.39, 0.29) is 75.0 Å². The van der Waals surface area contributed by atoms with Gasteiger partial charge in [-0.25, -0.2) is 26.4 Å². The average Bonchev–Trinajstić information content (AvgIpc) is 3.49. The molecule has 4 aliphatic heterocycles. The summed E-state index contributed by atoms with van der Waals surface area (Å²) < 4.78 is 79.0. The number of halogens is 3. The molecule has 3 amide bonds. The van der Waals surface area contributed by atoms with Gasteiger partial charge in [0.25, 0.3) is 0 Å². The number of nitrogens with zero attached hydrogens (tertiary/aromatic N) is 4. The number of methoxy groups -OCH3 is 1. The summed E-state index contributed by atoms with van der Waals surface area (Å²) in [4.78, 5) is 45.2.